The molecule has 1 N–H and O–H groups in total. The molecule has 0 unspecified atom stereocenters. The predicted molar refractivity (Wildman–Crippen MR) is 156 cm³/mol. The van der Waals surface area contributed by atoms with Crippen LogP contribution in [0.3, 0.4) is 0 Å². The third-order valence-electron chi connectivity index (χ3n) is 5.23. The van der Waals surface area contributed by atoms with Crippen LogP contribution in [0.4, 0.5) is 17.1 Å². The van der Waals surface area contributed by atoms with Gasteiger partial charge in [0.25, 0.3) is 11.4 Å². The fourth-order valence-electron chi connectivity index (χ4n) is 3.18. The Morgan fingerprint density at radius 1 is 0.581 bits per heavy atom. The number of nitro benzene ring substituents is 2. The van der Waals surface area contributed by atoms with Crippen molar-refractivity contribution < 1.29 is 52.5 Å². The van der Waals surface area contributed by atoms with Gasteiger partial charge in [0, 0.05) is 12.6 Å². The first kappa shape index (κ1) is 38.5. The summed E-state index contributed by atoms with van der Waals surface area (Å²) in [5.41, 5.74) is -0.518. The lowest BCUT2D eigenvalue weighted by atomic mass is 10.2. The fourth-order valence-corrected chi connectivity index (χ4v) is 3.18. The van der Waals surface area contributed by atoms with Crippen molar-refractivity contribution in [1.29, 1.82) is 0 Å². The molecule has 0 aliphatic rings. The second-order valence-corrected chi connectivity index (χ2v) is 8.96. The predicted octanol–water partition coefficient (Wildman–Crippen LogP) is 2.47. The highest BCUT2D eigenvalue weighted by Gasteiger charge is 2.19. The largest absolute Gasteiger partial charge is 0.377 e. The molecule has 1 aromatic carbocycles. The highest BCUT2D eigenvalue weighted by Crippen LogP contribution is 2.28. The van der Waals surface area contributed by atoms with E-state index in [1.165, 1.54) is 12.1 Å². The standard InChI is InChI=1S/C27H47N3O13/c1-24(2)43-22-21-42-20-19-41-18-17-40-16-15-39-14-13-38-12-11-37-10-9-36-8-7-35-6-5-28-26-4-3-25(29(31)32)23-27(26)30(33)34/h3-4,23-24,28H,5-22H2,1-2H3. The molecule has 0 bridgehead atoms. The number of anilines is 1. The molecule has 1 rings (SSSR count). The summed E-state index contributed by atoms with van der Waals surface area (Å²) in [5, 5.41) is 24.8. The van der Waals surface area contributed by atoms with Crippen molar-refractivity contribution in [2.75, 3.05) is 124 Å². The zero-order chi connectivity index (χ0) is 31.4. The van der Waals surface area contributed by atoms with E-state index < -0.39 is 9.85 Å². The second kappa shape index (κ2) is 27.0. The minimum Gasteiger partial charge on any atom is -0.377 e. The molecule has 1 aromatic rings. The number of non-ortho nitro benzene ring substituents is 1. The summed E-state index contributed by atoms with van der Waals surface area (Å²) in [6.45, 7) is 12.1. The third-order valence-corrected chi connectivity index (χ3v) is 5.23. The van der Waals surface area contributed by atoms with Crippen molar-refractivity contribution in [3.8, 4) is 0 Å². The first-order chi connectivity index (χ1) is 20.9. The maximum Gasteiger partial charge on any atom is 0.299 e. The summed E-state index contributed by atoms with van der Waals surface area (Å²) >= 11 is 0. The first-order valence-corrected chi connectivity index (χ1v) is 14.3. The molecule has 0 fully saturated rings. The van der Waals surface area contributed by atoms with Crippen molar-refractivity contribution in [3.05, 3.63) is 38.4 Å². The molecule has 0 spiro atoms. The van der Waals surface area contributed by atoms with E-state index in [1.807, 2.05) is 13.8 Å². The Bertz CT molecular complexity index is 848. The third kappa shape index (κ3) is 22.6. The minimum absolute atomic E-state index is 0.188. The number of benzene rings is 1. The molecule has 0 amide bonds. The number of nitrogens with zero attached hydrogens (tertiary/aromatic N) is 2. The molecular formula is C27H47N3O13. The van der Waals surface area contributed by atoms with E-state index in [4.69, 9.17) is 42.6 Å². The smallest absolute Gasteiger partial charge is 0.299 e. The molecule has 43 heavy (non-hydrogen) atoms. The van der Waals surface area contributed by atoms with E-state index in [9.17, 15) is 20.2 Å². The highest BCUT2D eigenvalue weighted by atomic mass is 16.6. The van der Waals surface area contributed by atoms with Crippen LogP contribution in [-0.2, 0) is 42.6 Å². The van der Waals surface area contributed by atoms with E-state index in [-0.39, 0.29) is 29.8 Å². The Morgan fingerprint density at radius 3 is 1.30 bits per heavy atom. The topological polar surface area (TPSA) is 181 Å². The maximum absolute atomic E-state index is 11.1. The molecule has 0 atom stereocenters. The molecular weight excluding hydrogens is 574 g/mol. The van der Waals surface area contributed by atoms with Gasteiger partial charge in [-0.1, -0.05) is 0 Å². The Morgan fingerprint density at radius 2 is 0.953 bits per heavy atom. The van der Waals surface area contributed by atoms with Crippen molar-refractivity contribution in [2.24, 2.45) is 0 Å². The van der Waals surface area contributed by atoms with Gasteiger partial charge in [-0.05, 0) is 19.9 Å². The minimum atomic E-state index is -0.680. The molecule has 0 radical (unpaired) electrons. The van der Waals surface area contributed by atoms with Gasteiger partial charge in [0.2, 0.25) is 0 Å². The first-order valence-electron chi connectivity index (χ1n) is 14.3. The molecule has 16 heteroatoms. The molecule has 0 aliphatic heterocycles. The van der Waals surface area contributed by atoms with Gasteiger partial charge in [0.05, 0.1) is 134 Å². The zero-order valence-corrected chi connectivity index (χ0v) is 25.2. The lowest BCUT2D eigenvalue weighted by Gasteiger charge is -2.09. The Labute approximate surface area is 252 Å². The quantitative estimate of drug-likeness (QED) is 0.0725. The van der Waals surface area contributed by atoms with Crippen molar-refractivity contribution in [3.63, 3.8) is 0 Å². The van der Waals surface area contributed by atoms with Crippen LogP contribution in [0, 0.1) is 20.2 Å². The Kier molecular flexibility index (Phi) is 24.2. The number of rotatable bonds is 31. The molecule has 0 saturated carbocycles. The van der Waals surface area contributed by atoms with Gasteiger partial charge in [-0.25, -0.2) is 0 Å². The van der Waals surface area contributed by atoms with E-state index >= 15 is 0 Å². The molecule has 0 aromatic heterocycles. The summed E-state index contributed by atoms with van der Waals surface area (Å²) in [6, 6.07) is 3.43. The molecule has 0 saturated heterocycles. The number of hydrogen-bond acceptors (Lipinski definition) is 14. The van der Waals surface area contributed by atoms with E-state index in [1.54, 1.807) is 0 Å². The summed E-state index contributed by atoms with van der Waals surface area (Å²) < 4.78 is 48.8. The highest BCUT2D eigenvalue weighted by molar-refractivity contribution is 5.65. The molecule has 16 nitrogen and oxygen atoms in total. The normalized spacial score (nSPS) is 11.3. The summed E-state index contributed by atoms with van der Waals surface area (Å²) in [5.74, 6) is 0. The molecule has 0 heterocycles. The van der Waals surface area contributed by atoms with Crippen molar-refractivity contribution >= 4 is 17.1 Å². The van der Waals surface area contributed by atoms with E-state index in [0.29, 0.717) is 112 Å². The van der Waals surface area contributed by atoms with Crippen molar-refractivity contribution in [2.45, 2.75) is 20.0 Å². The summed E-state index contributed by atoms with van der Waals surface area (Å²) in [6.07, 6.45) is 0.216. The van der Waals surface area contributed by atoms with Gasteiger partial charge in [0.1, 0.15) is 5.69 Å². The van der Waals surface area contributed by atoms with Crippen LogP contribution in [0.15, 0.2) is 18.2 Å². The van der Waals surface area contributed by atoms with Crippen LogP contribution in [-0.4, -0.2) is 135 Å². The summed E-state index contributed by atoms with van der Waals surface area (Å²) in [7, 11) is 0. The SMILES string of the molecule is CC(C)OCCOCCOCCOCCOCCOCCOCCOCCOCCNc1ccc([N+](=O)[O-])cc1[N+](=O)[O-]. The average molecular weight is 622 g/mol. The Hall–Kier alpha value is -2.54. The van der Waals surface area contributed by atoms with Crippen LogP contribution in [0.2, 0.25) is 0 Å². The van der Waals surface area contributed by atoms with Gasteiger partial charge in [0.15, 0.2) is 0 Å². The second-order valence-electron chi connectivity index (χ2n) is 8.96. The van der Waals surface area contributed by atoms with Crippen LogP contribution in [0.25, 0.3) is 0 Å². The van der Waals surface area contributed by atoms with Crippen LogP contribution >= 0.6 is 0 Å². The van der Waals surface area contributed by atoms with Gasteiger partial charge in [-0.15, -0.1) is 0 Å². The average Bonchev–Trinajstić information content (AvgIpc) is 2.98. The molecule has 0 aliphatic carbocycles. The van der Waals surface area contributed by atoms with Gasteiger partial charge >= 0.3 is 0 Å². The van der Waals surface area contributed by atoms with E-state index in [0.717, 1.165) is 6.07 Å². The van der Waals surface area contributed by atoms with Gasteiger partial charge in [-0.2, -0.15) is 0 Å². The van der Waals surface area contributed by atoms with E-state index in [2.05, 4.69) is 5.32 Å². The Balaban J connectivity index is 1.77. The fraction of sp³-hybridized carbons (Fsp3) is 0.778. The van der Waals surface area contributed by atoms with Crippen LogP contribution in [0.1, 0.15) is 13.8 Å². The van der Waals surface area contributed by atoms with Gasteiger partial charge in [-0.3, -0.25) is 20.2 Å². The summed E-state index contributed by atoms with van der Waals surface area (Å²) in [4.78, 5) is 20.6. The van der Waals surface area contributed by atoms with Gasteiger partial charge < -0.3 is 47.9 Å². The van der Waals surface area contributed by atoms with Crippen molar-refractivity contribution in [1.82, 2.24) is 0 Å². The lowest BCUT2D eigenvalue weighted by Crippen LogP contribution is -2.16. The number of nitrogens with one attached hydrogen (secondary N) is 1. The lowest BCUT2D eigenvalue weighted by molar-refractivity contribution is -0.393. The molecule has 248 valence electrons. The zero-order valence-electron chi connectivity index (χ0n) is 25.2. The number of hydrogen-bond donors (Lipinski definition) is 1. The van der Waals surface area contributed by atoms with Crippen LogP contribution < -0.4 is 5.32 Å². The monoisotopic (exact) mass is 621 g/mol. The van der Waals surface area contributed by atoms with Crippen LogP contribution in [0.5, 0.6) is 0 Å². The number of nitro groups is 2. The number of ether oxygens (including phenoxy) is 9. The maximum atomic E-state index is 11.1.